The molecule has 2 aromatic carbocycles. The Bertz CT molecular complexity index is 766. The summed E-state index contributed by atoms with van der Waals surface area (Å²) in [5.41, 5.74) is 1.25. The minimum atomic E-state index is -1.09. The predicted octanol–water partition coefficient (Wildman–Crippen LogP) is 3.27. The molecule has 0 spiro atoms. The molecule has 1 amide bonds. The van der Waals surface area contributed by atoms with E-state index < -0.39 is 11.9 Å². The lowest BCUT2D eigenvalue weighted by Crippen LogP contribution is -2.13. The fourth-order valence-corrected chi connectivity index (χ4v) is 2.15. The van der Waals surface area contributed by atoms with Gasteiger partial charge in [0.05, 0.1) is 22.9 Å². The quantitative estimate of drug-likeness (QED) is 0.893. The van der Waals surface area contributed by atoms with Gasteiger partial charge < -0.3 is 10.4 Å². The van der Waals surface area contributed by atoms with Gasteiger partial charge >= 0.3 is 5.97 Å². The standard InChI is InChI=1S/C15H9BrN2O3/c16-12-6-9(8-17)4-5-13(12)18-14(19)10-2-1-3-11(7-10)15(20)21/h1-7H,(H,18,19)(H,20,21). The Morgan fingerprint density at radius 1 is 1.14 bits per heavy atom. The molecular weight excluding hydrogens is 336 g/mol. The number of nitriles is 1. The van der Waals surface area contributed by atoms with Gasteiger partial charge in [-0.3, -0.25) is 4.79 Å². The number of anilines is 1. The van der Waals surface area contributed by atoms with Crippen molar-refractivity contribution in [3.05, 3.63) is 63.6 Å². The summed E-state index contributed by atoms with van der Waals surface area (Å²) in [5.74, 6) is -1.52. The Kier molecular flexibility index (Phi) is 4.36. The molecule has 21 heavy (non-hydrogen) atoms. The lowest BCUT2D eigenvalue weighted by molar-refractivity contribution is 0.0697. The van der Waals surface area contributed by atoms with Crippen molar-refractivity contribution in [1.29, 1.82) is 5.26 Å². The van der Waals surface area contributed by atoms with E-state index in [0.717, 1.165) is 0 Å². The molecule has 2 N–H and O–H groups in total. The van der Waals surface area contributed by atoms with Crippen LogP contribution in [0.4, 0.5) is 5.69 Å². The van der Waals surface area contributed by atoms with Crippen LogP contribution in [0.1, 0.15) is 26.3 Å². The zero-order chi connectivity index (χ0) is 15.4. The van der Waals surface area contributed by atoms with Crippen LogP contribution in [0.5, 0.6) is 0 Å². The minimum absolute atomic E-state index is 0.0431. The van der Waals surface area contributed by atoms with Crippen LogP contribution in [0.2, 0.25) is 0 Å². The van der Waals surface area contributed by atoms with Crippen LogP contribution in [-0.2, 0) is 0 Å². The van der Waals surface area contributed by atoms with E-state index in [1.165, 1.54) is 24.3 Å². The van der Waals surface area contributed by atoms with Gasteiger partial charge in [0.1, 0.15) is 0 Å². The largest absolute Gasteiger partial charge is 0.478 e. The summed E-state index contributed by atoms with van der Waals surface area (Å²) in [6.45, 7) is 0. The molecule has 0 radical (unpaired) electrons. The number of carboxylic acid groups (broad SMARTS) is 1. The van der Waals surface area contributed by atoms with Crippen molar-refractivity contribution >= 4 is 33.5 Å². The molecule has 2 aromatic rings. The molecule has 0 unspecified atom stereocenters. The van der Waals surface area contributed by atoms with E-state index in [1.807, 2.05) is 6.07 Å². The van der Waals surface area contributed by atoms with E-state index in [4.69, 9.17) is 10.4 Å². The molecule has 5 nitrogen and oxygen atoms in total. The van der Waals surface area contributed by atoms with E-state index in [-0.39, 0.29) is 11.1 Å². The molecule has 0 aliphatic carbocycles. The van der Waals surface area contributed by atoms with Crippen LogP contribution in [0.3, 0.4) is 0 Å². The molecule has 6 heteroatoms. The third kappa shape index (κ3) is 3.46. The average molecular weight is 345 g/mol. The summed E-state index contributed by atoms with van der Waals surface area (Å²) < 4.78 is 0.573. The SMILES string of the molecule is N#Cc1ccc(NC(=O)c2cccc(C(=O)O)c2)c(Br)c1. The summed E-state index contributed by atoms with van der Waals surface area (Å²) in [5, 5.41) is 20.4. The minimum Gasteiger partial charge on any atom is -0.478 e. The number of carbonyl (C=O) groups is 2. The molecule has 0 saturated carbocycles. The highest BCUT2D eigenvalue weighted by Gasteiger charge is 2.11. The second-order valence-corrected chi connectivity index (χ2v) is 5.00. The molecule has 0 bridgehead atoms. The Balaban J connectivity index is 2.24. The number of carbonyl (C=O) groups excluding carboxylic acids is 1. The molecule has 0 aliphatic heterocycles. The second-order valence-electron chi connectivity index (χ2n) is 4.15. The van der Waals surface area contributed by atoms with Gasteiger partial charge in [0.15, 0.2) is 0 Å². The first kappa shape index (κ1) is 14.8. The Morgan fingerprint density at radius 3 is 2.48 bits per heavy atom. The van der Waals surface area contributed by atoms with Crippen LogP contribution < -0.4 is 5.32 Å². The Morgan fingerprint density at radius 2 is 1.86 bits per heavy atom. The van der Waals surface area contributed by atoms with Crippen LogP contribution in [-0.4, -0.2) is 17.0 Å². The monoisotopic (exact) mass is 344 g/mol. The first-order valence-corrected chi connectivity index (χ1v) is 6.65. The summed E-state index contributed by atoms with van der Waals surface area (Å²) >= 11 is 3.27. The number of nitrogens with zero attached hydrogens (tertiary/aromatic N) is 1. The number of rotatable bonds is 3. The van der Waals surface area contributed by atoms with Crippen LogP contribution in [0.25, 0.3) is 0 Å². The van der Waals surface area contributed by atoms with Gasteiger partial charge in [0.2, 0.25) is 0 Å². The zero-order valence-electron chi connectivity index (χ0n) is 10.6. The van der Waals surface area contributed by atoms with Gasteiger partial charge in [-0.1, -0.05) is 6.07 Å². The van der Waals surface area contributed by atoms with Crippen molar-refractivity contribution in [1.82, 2.24) is 0 Å². The van der Waals surface area contributed by atoms with Gasteiger partial charge in [0.25, 0.3) is 5.91 Å². The molecule has 2 rings (SSSR count). The van der Waals surface area contributed by atoms with Gasteiger partial charge in [-0.05, 0) is 52.3 Å². The molecule has 0 atom stereocenters. The first-order chi connectivity index (χ1) is 10.0. The molecular formula is C15H9BrN2O3. The van der Waals surface area contributed by atoms with Gasteiger partial charge in [-0.25, -0.2) is 4.79 Å². The molecule has 0 aromatic heterocycles. The maximum Gasteiger partial charge on any atom is 0.335 e. The lowest BCUT2D eigenvalue weighted by atomic mass is 10.1. The number of hydrogen-bond donors (Lipinski definition) is 2. The van der Waals surface area contributed by atoms with E-state index in [0.29, 0.717) is 15.7 Å². The van der Waals surface area contributed by atoms with E-state index >= 15 is 0 Å². The smallest absolute Gasteiger partial charge is 0.335 e. The van der Waals surface area contributed by atoms with Crippen molar-refractivity contribution in [2.75, 3.05) is 5.32 Å². The fourth-order valence-electron chi connectivity index (χ4n) is 1.67. The summed E-state index contributed by atoms with van der Waals surface area (Å²) in [6.07, 6.45) is 0. The number of carboxylic acids is 1. The Labute approximate surface area is 129 Å². The topological polar surface area (TPSA) is 90.2 Å². The number of halogens is 1. The lowest BCUT2D eigenvalue weighted by Gasteiger charge is -2.08. The van der Waals surface area contributed by atoms with Crippen molar-refractivity contribution in [3.8, 4) is 6.07 Å². The van der Waals surface area contributed by atoms with Crippen molar-refractivity contribution in [2.45, 2.75) is 0 Å². The highest BCUT2D eigenvalue weighted by molar-refractivity contribution is 9.10. The van der Waals surface area contributed by atoms with Crippen molar-refractivity contribution < 1.29 is 14.7 Å². The number of nitrogens with one attached hydrogen (secondary N) is 1. The molecule has 0 aliphatic rings. The predicted molar refractivity (Wildman–Crippen MR) is 80.2 cm³/mol. The average Bonchev–Trinajstić information content (AvgIpc) is 2.49. The van der Waals surface area contributed by atoms with Gasteiger partial charge in [-0.2, -0.15) is 5.26 Å². The zero-order valence-corrected chi connectivity index (χ0v) is 12.2. The third-order valence-electron chi connectivity index (χ3n) is 2.72. The molecule has 0 fully saturated rings. The van der Waals surface area contributed by atoms with Gasteiger partial charge in [0, 0.05) is 10.0 Å². The summed E-state index contributed by atoms with van der Waals surface area (Å²) in [4.78, 5) is 23.0. The van der Waals surface area contributed by atoms with E-state index in [1.54, 1.807) is 18.2 Å². The highest BCUT2D eigenvalue weighted by atomic mass is 79.9. The molecule has 104 valence electrons. The summed E-state index contributed by atoms with van der Waals surface area (Å²) in [6, 6.07) is 12.5. The van der Waals surface area contributed by atoms with Gasteiger partial charge in [-0.15, -0.1) is 0 Å². The second kappa shape index (κ2) is 6.20. The van der Waals surface area contributed by atoms with E-state index in [9.17, 15) is 9.59 Å². The van der Waals surface area contributed by atoms with Crippen molar-refractivity contribution in [2.24, 2.45) is 0 Å². The van der Waals surface area contributed by atoms with Crippen LogP contribution >= 0.6 is 15.9 Å². The number of benzene rings is 2. The number of aromatic carboxylic acids is 1. The molecule has 0 heterocycles. The number of amides is 1. The van der Waals surface area contributed by atoms with Crippen LogP contribution in [0.15, 0.2) is 46.9 Å². The van der Waals surface area contributed by atoms with Crippen molar-refractivity contribution in [3.63, 3.8) is 0 Å². The Hall–Kier alpha value is -2.65. The van der Waals surface area contributed by atoms with Crippen LogP contribution in [0, 0.1) is 11.3 Å². The first-order valence-electron chi connectivity index (χ1n) is 5.85. The van der Waals surface area contributed by atoms with E-state index in [2.05, 4.69) is 21.2 Å². The fraction of sp³-hybridized carbons (Fsp3) is 0. The summed E-state index contributed by atoms with van der Waals surface area (Å²) in [7, 11) is 0. The number of hydrogen-bond acceptors (Lipinski definition) is 3. The maximum atomic E-state index is 12.1. The third-order valence-corrected chi connectivity index (χ3v) is 3.37. The normalized spacial score (nSPS) is 9.71. The maximum absolute atomic E-state index is 12.1. The molecule has 0 saturated heterocycles. The highest BCUT2D eigenvalue weighted by Crippen LogP contribution is 2.24.